The highest BCUT2D eigenvalue weighted by atomic mass is 35.5. The Labute approximate surface area is 150 Å². The Morgan fingerprint density at radius 1 is 1.40 bits per heavy atom. The standard InChI is InChI=1S/C18H17ClN4O2/c1-2-25-16(24)8-7-15-12(9-20)17(11-5-3-4-6-14(11)19)13-10-21-23-18(13)22-15/h3-6,10,17H,2,7-8H2,1H3,(H2,21,22,23). The zero-order chi connectivity index (χ0) is 17.8. The average molecular weight is 357 g/mol. The van der Waals surface area contributed by atoms with Crippen LogP contribution in [0.1, 0.15) is 36.8 Å². The lowest BCUT2D eigenvalue weighted by Crippen LogP contribution is -2.19. The van der Waals surface area contributed by atoms with E-state index in [1.165, 1.54) is 0 Å². The molecule has 7 heteroatoms. The molecule has 1 aromatic carbocycles. The molecule has 0 aliphatic carbocycles. The number of H-pyrrole nitrogens is 1. The highest BCUT2D eigenvalue weighted by molar-refractivity contribution is 6.31. The highest BCUT2D eigenvalue weighted by Gasteiger charge is 2.32. The smallest absolute Gasteiger partial charge is 0.306 e. The lowest BCUT2D eigenvalue weighted by Gasteiger charge is -2.26. The van der Waals surface area contributed by atoms with Crippen LogP contribution in [0.25, 0.3) is 0 Å². The second kappa shape index (κ2) is 7.41. The molecule has 6 nitrogen and oxygen atoms in total. The van der Waals surface area contributed by atoms with Crippen molar-refractivity contribution >= 4 is 23.4 Å². The van der Waals surface area contributed by atoms with Crippen molar-refractivity contribution in [3.05, 3.63) is 57.9 Å². The van der Waals surface area contributed by atoms with Crippen LogP contribution in [0.4, 0.5) is 5.82 Å². The van der Waals surface area contributed by atoms with Gasteiger partial charge in [0.1, 0.15) is 0 Å². The van der Waals surface area contributed by atoms with Crippen LogP contribution >= 0.6 is 11.6 Å². The summed E-state index contributed by atoms with van der Waals surface area (Å²) in [6, 6.07) is 9.71. The van der Waals surface area contributed by atoms with Crippen molar-refractivity contribution in [3.8, 4) is 6.07 Å². The number of benzene rings is 1. The monoisotopic (exact) mass is 356 g/mol. The van der Waals surface area contributed by atoms with E-state index in [0.29, 0.717) is 35.1 Å². The molecule has 1 aliphatic rings. The molecule has 1 atom stereocenters. The molecule has 1 unspecified atom stereocenters. The van der Waals surface area contributed by atoms with E-state index in [0.717, 1.165) is 11.1 Å². The molecule has 0 bridgehead atoms. The van der Waals surface area contributed by atoms with E-state index >= 15 is 0 Å². The second-order valence-electron chi connectivity index (χ2n) is 5.58. The molecule has 1 aromatic heterocycles. The fourth-order valence-electron chi connectivity index (χ4n) is 2.98. The van der Waals surface area contributed by atoms with Crippen molar-refractivity contribution in [3.63, 3.8) is 0 Å². The van der Waals surface area contributed by atoms with E-state index in [4.69, 9.17) is 16.3 Å². The topological polar surface area (TPSA) is 90.8 Å². The number of aromatic amines is 1. The Bertz CT molecular complexity index is 866. The minimum atomic E-state index is -0.328. The number of carbonyl (C=O) groups is 1. The van der Waals surface area contributed by atoms with Crippen molar-refractivity contribution in [2.75, 3.05) is 11.9 Å². The molecule has 0 radical (unpaired) electrons. The third-order valence-electron chi connectivity index (χ3n) is 4.09. The summed E-state index contributed by atoms with van der Waals surface area (Å²) in [7, 11) is 0. The van der Waals surface area contributed by atoms with Crippen LogP contribution in [0.2, 0.25) is 5.02 Å². The third kappa shape index (κ3) is 3.37. The van der Waals surface area contributed by atoms with Crippen LogP contribution < -0.4 is 5.32 Å². The first-order chi connectivity index (χ1) is 12.2. The molecule has 2 aromatic rings. The number of nitrogens with one attached hydrogen (secondary N) is 2. The van der Waals surface area contributed by atoms with Gasteiger partial charge in [0.05, 0.1) is 30.6 Å². The summed E-state index contributed by atoms with van der Waals surface area (Å²) in [5.41, 5.74) is 2.88. The predicted molar refractivity (Wildman–Crippen MR) is 94.0 cm³/mol. The van der Waals surface area contributed by atoms with E-state index in [1.807, 2.05) is 18.2 Å². The number of fused-ring (bicyclic) bond motifs is 1. The molecule has 128 valence electrons. The van der Waals surface area contributed by atoms with Gasteiger partial charge in [-0.2, -0.15) is 10.4 Å². The summed E-state index contributed by atoms with van der Waals surface area (Å²) in [4.78, 5) is 11.7. The number of nitrogens with zero attached hydrogens (tertiary/aromatic N) is 2. The van der Waals surface area contributed by atoms with Crippen molar-refractivity contribution in [1.29, 1.82) is 5.26 Å². The maximum atomic E-state index is 11.7. The molecular weight excluding hydrogens is 340 g/mol. The SMILES string of the molecule is CCOC(=O)CCC1=C(C#N)C(c2ccccc2Cl)c2c[nH]nc2N1. The summed E-state index contributed by atoms with van der Waals surface area (Å²) in [6.07, 6.45) is 2.32. The van der Waals surface area contributed by atoms with Crippen LogP contribution in [0.15, 0.2) is 41.7 Å². The first kappa shape index (κ1) is 17.1. The second-order valence-corrected chi connectivity index (χ2v) is 5.98. The zero-order valence-electron chi connectivity index (χ0n) is 13.7. The first-order valence-corrected chi connectivity index (χ1v) is 8.37. The number of ether oxygens (including phenoxy) is 1. The van der Waals surface area contributed by atoms with Gasteiger partial charge >= 0.3 is 5.97 Å². The Morgan fingerprint density at radius 2 is 2.20 bits per heavy atom. The van der Waals surface area contributed by atoms with Crippen molar-refractivity contribution in [2.24, 2.45) is 0 Å². The number of carbonyl (C=O) groups excluding carboxylic acids is 1. The zero-order valence-corrected chi connectivity index (χ0v) is 14.4. The summed E-state index contributed by atoms with van der Waals surface area (Å²) in [6.45, 7) is 2.10. The summed E-state index contributed by atoms with van der Waals surface area (Å²) in [5.74, 6) is 0.0184. The summed E-state index contributed by atoms with van der Waals surface area (Å²) in [5, 5.41) is 20.6. The van der Waals surface area contributed by atoms with Crippen LogP contribution in [0.3, 0.4) is 0 Å². The van der Waals surface area contributed by atoms with E-state index in [1.54, 1.807) is 19.2 Å². The van der Waals surface area contributed by atoms with Crippen molar-refractivity contribution in [1.82, 2.24) is 10.2 Å². The number of halogens is 1. The number of anilines is 1. The van der Waals surface area contributed by atoms with Crippen LogP contribution in [-0.4, -0.2) is 22.8 Å². The average Bonchev–Trinajstić information content (AvgIpc) is 3.07. The Morgan fingerprint density at radius 3 is 2.92 bits per heavy atom. The molecule has 25 heavy (non-hydrogen) atoms. The number of rotatable bonds is 5. The van der Waals surface area contributed by atoms with Gasteiger partial charge in [0.2, 0.25) is 0 Å². The number of allylic oxidation sites excluding steroid dienone is 2. The largest absolute Gasteiger partial charge is 0.466 e. The number of hydrogen-bond donors (Lipinski definition) is 2. The van der Waals surface area contributed by atoms with Crippen LogP contribution in [0, 0.1) is 11.3 Å². The van der Waals surface area contributed by atoms with Gasteiger partial charge in [-0.15, -0.1) is 0 Å². The molecule has 3 rings (SSSR count). The van der Waals surface area contributed by atoms with E-state index in [9.17, 15) is 10.1 Å². The van der Waals surface area contributed by atoms with Crippen molar-refractivity contribution in [2.45, 2.75) is 25.7 Å². The van der Waals surface area contributed by atoms with Crippen molar-refractivity contribution < 1.29 is 9.53 Å². The fourth-order valence-corrected chi connectivity index (χ4v) is 3.23. The maximum absolute atomic E-state index is 11.7. The molecule has 0 spiro atoms. The van der Waals surface area contributed by atoms with Gasteiger partial charge in [0, 0.05) is 22.5 Å². The summed E-state index contributed by atoms with van der Waals surface area (Å²) < 4.78 is 4.97. The van der Waals surface area contributed by atoms with Gasteiger partial charge in [-0.25, -0.2) is 0 Å². The third-order valence-corrected chi connectivity index (χ3v) is 4.43. The van der Waals surface area contributed by atoms with Gasteiger partial charge in [-0.1, -0.05) is 29.8 Å². The Balaban J connectivity index is 2.01. The Kier molecular flexibility index (Phi) is 5.05. The lowest BCUT2D eigenvalue weighted by atomic mass is 9.82. The molecule has 0 saturated carbocycles. The lowest BCUT2D eigenvalue weighted by molar-refractivity contribution is -0.143. The van der Waals surface area contributed by atoms with Crippen LogP contribution in [0.5, 0.6) is 0 Å². The molecule has 0 fully saturated rings. The van der Waals surface area contributed by atoms with Crippen LogP contribution in [-0.2, 0) is 9.53 Å². The minimum Gasteiger partial charge on any atom is -0.466 e. The number of esters is 1. The predicted octanol–water partition coefficient (Wildman–Crippen LogP) is 3.74. The van der Waals surface area contributed by atoms with Gasteiger partial charge < -0.3 is 10.1 Å². The van der Waals surface area contributed by atoms with E-state index < -0.39 is 0 Å². The van der Waals surface area contributed by atoms with Gasteiger partial charge in [0.25, 0.3) is 0 Å². The first-order valence-electron chi connectivity index (χ1n) is 7.99. The molecule has 0 amide bonds. The maximum Gasteiger partial charge on any atom is 0.306 e. The normalized spacial score (nSPS) is 16.0. The number of nitriles is 1. The highest BCUT2D eigenvalue weighted by Crippen LogP contribution is 2.43. The minimum absolute atomic E-state index is 0.191. The number of hydrogen-bond acceptors (Lipinski definition) is 5. The molecular formula is C18H17ClN4O2. The molecule has 1 aliphatic heterocycles. The summed E-state index contributed by atoms with van der Waals surface area (Å²) >= 11 is 6.37. The quantitative estimate of drug-likeness (QED) is 0.796. The van der Waals surface area contributed by atoms with Gasteiger partial charge in [-0.3, -0.25) is 9.89 Å². The number of aromatic nitrogens is 2. The molecule has 2 heterocycles. The van der Waals surface area contributed by atoms with Gasteiger partial charge in [0.15, 0.2) is 5.82 Å². The molecule has 0 saturated heterocycles. The van der Waals surface area contributed by atoms with Gasteiger partial charge in [-0.05, 0) is 25.0 Å². The van der Waals surface area contributed by atoms with E-state index in [2.05, 4.69) is 21.6 Å². The Hall–Kier alpha value is -2.78. The molecule has 2 N–H and O–H groups in total. The fraction of sp³-hybridized carbons (Fsp3) is 0.278. The van der Waals surface area contributed by atoms with E-state index in [-0.39, 0.29) is 18.3 Å².